The molecule has 0 N–H and O–H groups in total. The first-order valence-electron chi connectivity index (χ1n) is 6.57. The minimum Gasteiger partial charge on any atom is -0.293 e. The number of thioether (sulfide) groups is 1. The van der Waals surface area contributed by atoms with Gasteiger partial charge in [0.2, 0.25) is 0 Å². The minimum atomic E-state index is -0.319. The Balaban J connectivity index is 1.90. The second kappa shape index (κ2) is 6.37. The summed E-state index contributed by atoms with van der Waals surface area (Å²) in [5.74, 6) is 0.210. The van der Waals surface area contributed by atoms with Crippen LogP contribution >= 0.6 is 11.8 Å². The molecule has 0 atom stereocenters. The number of hydrogen-bond donors (Lipinski definition) is 0. The van der Waals surface area contributed by atoms with E-state index in [0.29, 0.717) is 16.6 Å². The van der Waals surface area contributed by atoms with Crippen molar-refractivity contribution in [3.05, 3.63) is 35.1 Å². The minimum absolute atomic E-state index is 0.0492. The Morgan fingerprint density at radius 1 is 1.28 bits per heavy atom. The lowest BCUT2D eigenvalue weighted by molar-refractivity contribution is 0.102. The lowest BCUT2D eigenvalue weighted by atomic mass is 10.0. The maximum absolute atomic E-state index is 13.2. The molecule has 1 saturated carbocycles. The lowest BCUT2D eigenvalue weighted by Gasteiger charge is -2.20. The fourth-order valence-corrected chi connectivity index (χ4v) is 3.63. The second-order valence-corrected chi connectivity index (χ2v) is 6.30. The quantitative estimate of drug-likeness (QED) is 0.752. The second-order valence-electron chi connectivity index (χ2n) is 5.01. The molecule has 0 unspecified atom stereocenters. The molecule has 2 rings (SSSR count). The largest absolute Gasteiger partial charge is 0.293 e. The Labute approximate surface area is 112 Å². The molecule has 0 aliphatic heterocycles. The van der Waals surface area contributed by atoms with E-state index < -0.39 is 0 Å². The molecule has 0 spiro atoms. The molecule has 1 aromatic rings. The van der Waals surface area contributed by atoms with Crippen LogP contribution < -0.4 is 0 Å². The van der Waals surface area contributed by atoms with Gasteiger partial charge < -0.3 is 0 Å². The van der Waals surface area contributed by atoms with E-state index in [9.17, 15) is 9.18 Å². The van der Waals surface area contributed by atoms with Crippen molar-refractivity contribution in [3.63, 3.8) is 0 Å². The molecule has 1 aliphatic carbocycles. The van der Waals surface area contributed by atoms with Crippen molar-refractivity contribution in [1.82, 2.24) is 0 Å². The molecule has 0 aromatic heterocycles. The summed E-state index contributed by atoms with van der Waals surface area (Å²) in [5, 5.41) is 0.623. The van der Waals surface area contributed by atoms with Crippen molar-refractivity contribution in [2.24, 2.45) is 0 Å². The predicted molar refractivity (Wildman–Crippen MR) is 74.8 cm³/mol. The maximum Gasteiger partial charge on any atom is 0.172 e. The van der Waals surface area contributed by atoms with Crippen molar-refractivity contribution in [3.8, 4) is 0 Å². The smallest absolute Gasteiger partial charge is 0.172 e. The molecular weight excluding hydrogens is 247 g/mol. The van der Waals surface area contributed by atoms with Crippen LogP contribution in [0.15, 0.2) is 18.2 Å². The Kier molecular flexibility index (Phi) is 4.81. The lowest BCUT2D eigenvalue weighted by Crippen LogP contribution is -2.12. The SMILES string of the molecule is Cc1cc(F)cc(C(=O)CSC2CCCCC2)c1. The number of benzene rings is 1. The number of ketones is 1. The van der Waals surface area contributed by atoms with Gasteiger partial charge in [0, 0.05) is 10.8 Å². The highest BCUT2D eigenvalue weighted by Crippen LogP contribution is 2.28. The molecular formula is C15H19FOS. The number of halogens is 1. The summed E-state index contributed by atoms with van der Waals surface area (Å²) in [6.07, 6.45) is 6.34. The molecule has 18 heavy (non-hydrogen) atoms. The fourth-order valence-electron chi connectivity index (χ4n) is 2.41. The summed E-state index contributed by atoms with van der Waals surface area (Å²) in [5.41, 5.74) is 1.32. The van der Waals surface area contributed by atoms with Gasteiger partial charge in [-0.1, -0.05) is 19.3 Å². The molecule has 3 heteroatoms. The van der Waals surface area contributed by atoms with Crippen LogP contribution in [0.4, 0.5) is 4.39 Å². The molecule has 1 fully saturated rings. The molecule has 1 nitrogen and oxygen atoms in total. The third-order valence-corrected chi connectivity index (χ3v) is 4.74. The van der Waals surface area contributed by atoms with E-state index in [1.807, 2.05) is 6.92 Å². The van der Waals surface area contributed by atoms with Crippen molar-refractivity contribution in [2.45, 2.75) is 44.3 Å². The average Bonchev–Trinajstić information content (AvgIpc) is 2.36. The number of carbonyl (C=O) groups excluding carboxylic acids is 1. The zero-order valence-corrected chi connectivity index (χ0v) is 11.6. The summed E-state index contributed by atoms with van der Waals surface area (Å²) in [4.78, 5) is 12.0. The number of rotatable bonds is 4. The van der Waals surface area contributed by atoms with E-state index >= 15 is 0 Å². The summed E-state index contributed by atoms with van der Waals surface area (Å²) < 4.78 is 13.2. The molecule has 0 bridgehead atoms. The summed E-state index contributed by atoms with van der Waals surface area (Å²) >= 11 is 1.74. The van der Waals surface area contributed by atoms with Gasteiger partial charge in [0.25, 0.3) is 0 Å². The fraction of sp³-hybridized carbons (Fsp3) is 0.533. The third kappa shape index (κ3) is 3.84. The van der Waals surface area contributed by atoms with Gasteiger partial charge in [-0.3, -0.25) is 4.79 Å². The molecule has 98 valence electrons. The molecule has 0 saturated heterocycles. The maximum atomic E-state index is 13.2. The predicted octanol–water partition coefficient (Wildman–Crippen LogP) is 4.38. The number of carbonyl (C=O) groups is 1. The van der Waals surface area contributed by atoms with Crippen LogP contribution in [0.5, 0.6) is 0 Å². The van der Waals surface area contributed by atoms with Gasteiger partial charge in [0.05, 0.1) is 5.75 Å². The highest BCUT2D eigenvalue weighted by molar-refractivity contribution is 8.00. The highest BCUT2D eigenvalue weighted by Gasteiger charge is 2.16. The van der Waals surface area contributed by atoms with E-state index in [0.717, 1.165) is 5.56 Å². The van der Waals surface area contributed by atoms with E-state index in [1.165, 1.54) is 44.2 Å². The Morgan fingerprint density at radius 3 is 2.67 bits per heavy atom. The number of Topliss-reactive ketones (excluding diaryl/α,β-unsaturated/α-hetero) is 1. The standard InChI is InChI=1S/C15H19FOS/c1-11-7-12(9-13(16)8-11)15(17)10-18-14-5-3-2-4-6-14/h7-9,14H,2-6,10H2,1H3. The normalized spacial score (nSPS) is 16.8. The molecule has 0 radical (unpaired) electrons. The van der Waals surface area contributed by atoms with Gasteiger partial charge in [-0.2, -0.15) is 11.8 Å². The van der Waals surface area contributed by atoms with Crippen LogP contribution in [0.2, 0.25) is 0 Å². The number of aryl methyl sites for hydroxylation is 1. The summed E-state index contributed by atoms with van der Waals surface area (Å²) in [6.45, 7) is 1.81. The average molecular weight is 266 g/mol. The molecule has 1 aromatic carbocycles. The van der Waals surface area contributed by atoms with Crippen LogP contribution in [-0.2, 0) is 0 Å². The van der Waals surface area contributed by atoms with Gasteiger partial charge in [0.1, 0.15) is 5.82 Å². The first-order chi connectivity index (χ1) is 8.65. The van der Waals surface area contributed by atoms with Gasteiger partial charge in [0.15, 0.2) is 5.78 Å². The highest BCUT2D eigenvalue weighted by atomic mass is 32.2. The summed E-state index contributed by atoms with van der Waals surface area (Å²) in [7, 11) is 0. The Morgan fingerprint density at radius 2 is 2.00 bits per heavy atom. The van der Waals surface area contributed by atoms with Crippen molar-refractivity contribution < 1.29 is 9.18 Å². The van der Waals surface area contributed by atoms with Crippen molar-refractivity contribution >= 4 is 17.5 Å². The van der Waals surface area contributed by atoms with Crippen LogP contribution in [0.3, 0.4) is 0 Å². The van der Waals surface area contributed by atoms with Crippen LogP contribution in [0, 0.1) is 12.7 Å². The van der Waals surface area contributed by atoms with Crippen LogP contribution in [0.1, 0.15) is 48.0 Å². The van der Waals surface area contributed by atoms with E-state index in [-0.39, 0.29) is 11.6 Å². The van der Waals surface area contributed by atoms with Gasteiger partial charge in [-0.25, -0.2) is 4.39 Å². The molecule has 1 aliphatic rings. The van der Waals surface area contributed by atoms with Gasteiger partial charge in [-0.05, 0) is 43.5 Å². The first kappa shape index (κ1) is 13.6. The van der Waals surface area contributed by atoms with Gasteiger partial charge >= 0.3 is 0 Å². The molecule has 0 amide bonds. The molecule has 0 heterocycles. The Bertz CT molecular complexity index is 404. The van der Waals surface area contributed by atoms with Gasteiger partial charge in [-0.15, -0.1) is 0 Å². The van der Waals surface area contributed by atoms with E-state index in [2.05, 4.69) is 0 Å². The van der Waals surface area contributed by atoms with Crippen molar-refractivity contribution in [1.29, 1.82) is 0 Å². The summed E-state index contributed by atoms with van der Waals surface area (Å²) in [6, 6.07) is 4.56. The van der Waals surface area contributed by atoms with E-state index in [4.69, 9.17) is 0 Å². The van der Waals surface area contributed by atoms with Crippen molar-refractivity contribution in [2.75, 3.05) is 5.75 Å². The van der Waals surface area contributed by atoms with E-state index in [1.54, 1.807) is 17.8 Å². The zero-order chi connectivity index (χ0) is 13.0. The Hall–Kier alpha value is -0.830. The zero-order valence-electron chi connectivity index (χ0n) is 10.7. The third-order valence-electron chi connectivity index (χ3n) is 3.37. The monoisotopic (exact) mass is 266 g/mol. The topological polar surface area (TPSA) is 17.1 Å². The van der Waals surface area contributed by atoms with Crippen LogP contribution in [-0.4, -0.2) is 16.8 Å². The van der Waals surface area contributed by atoms with Crippen LogP contribution in [0.25, 0.3) is 0 Å². The number of hydrogen-bond acceptors (Lipinski definition) is 2. The first-order valence-corrected chi connectivity index (χ1v) is 7.62.